The average molecular weight is 711 g/mol. The normalized spacial score (nSPS) is 17.8. The second-order valence-electron chi connectivity index (χ2n) is 18.4. The van der Waals surface area contributed by atoms with Crippen LogP contribution in [0.15, 0.2) is 132 Å². The Bertz CT molecular complexity index is 2990. The molecule has 0 amide bonds. The first-order chi connectivity index (χ1) is 26.5. The molecule has 3 nitrogen and oxygen atoms in total. The summed E-state index contributed by atoms with van der Waals surface area (Å²) >= 11 is 0. The van der Waals surface area contributed by atoms with Gasteiger partial charge in [-0.3, -0.25) is 0 Å². The topological polar surface area (TPSA) is 19.6 Å². The third-order valence-electron chi connectivity index (χ3n) is 14.0. The minimum absolute atomic E-state index is 0.0517. The van der Waals surface area contributed by atoms with Crippen molar-refractivity contribution in [3.63, 3.8) is 0 Å². The van der Waals surface area contributed by atoms with Gasteiger partial charge < -0.3 is 14.1 Å². The van der Waals surface area contributed by atoms with Crippen LogP contribution in [0.3, 0.4) is 0 Å². The van der Waals surface area contributed by atoms with Gasteiger partial charge >= 0.3 is 6.85 Å². The second-order valence-corrected chi connectivity index (χ2v) is 18.4. The Morgan fingerprint density at radius 3 is 2.04 bits per heavy atom. The number of furan rings is 1. The van der Waals surface area contributed by atoms with E-state index in [2.05, 4.69) is 179 Å². The van der Waals surface area contributed by atoms with Gasteiger partial charge in [0.15, 0.2) is 0 Å². The van der Waals surface area contributed by atoms with Gasteiger partial charge in [0.05, 0.1) is 5.69 Å². The molecule has 12 rings (SSSR count). The highest BCUT2D eigenvalue weighted by Gasteiger charge is 2.51. The Morgan fingerprint density at radius 1 is 0.564 bits per heavy atom. The van der Waals surface area contributed by atoms with Crippen LogP contribution in [0.4, 0.5) is 28.4 Å². The van der Waals surface area contributed by atoms with E-state index < -0.39 is 0 Å². The molecule has 3 aliphatic heterocycles. The lowest BCUT2D eigenvalue weighted by Crippen LogP contribution is -2.62. The van der Waals surface area contributed by atoms with Crippen LogP contribution in [0.5, 0.6) is 0 Å². The van der Waals surface area contributed by atoms with E-state index in [4.69, 9.17) is 4.42 Å². The van der Waals surface area contributed by atoms with Crippen LogP contribution >= 0.6 is 0 Å². The second kappa shape index (κ2) is 10.3. The number of nitrogens with zero attached hydrogens (tertiary/aromatic N) is 2. The monoisotopic (exact) mass is 710 g/mol. The summed E-state index contributed by atoms with van der Waals surface area (Å²) in [5.41, 5.74) is 18.9. The first kappa shape index (κ1) is 31.6. The van der Waals surface area contributed by atoms with E-state index in [1.807, 2.05) is 0 Å². The highest BCUT2D eigenvalue weighted by atomic mass is 16.3. The number of para-hydroxylation sites is 3. The molecule has 4 aliphatic rings. The Hall–Kier alpha value is -5.74. The molecular formula is C51H43BN2O. The number of benzene rings is 7. The summed E-state index contributed by atoms with van der Waals surface area (Å²) in [4.78, 5) is 5.30. The molecule has 0 fully saturated rings. The van der Waals surface area contributed by atoms with Crippen molar-refractivity contribution >= 4 is 78.9 Å². The molecule has 7 aromatic carbocycles. The Morgan fingerprint density at radius 2 is 1.25 bits per heavy atom. The Labute approximate surface area is 323 Å². The summed E-state index contributed by atoms with van der Waals surface area (Å²) in [5.74, 6) is 0. The maximum absolute atomic E-state index is 7.08. The molecule has 0 N–H and O–H groups in total. The average Bonchev–Trinajstić information content (AvgIpc) is 3.57. The predicted octanol–water partition coefficient (Wildman–Crippen LogP) is 12.4. The quantitative estimate of drug-likeness (QED) is 0.158. The van der Waals surface area contributed by atoms with E-state index in [0.717, 1.165) is 23.0 Å². The van der Waals surface area contributed by atoms with E-state index in [1.165, 1.54) is 95.3 Å². The van der Waals surface area contributed by atoms with Gasteiger partial charge in [-0.2, -0.15) is 0 Å². The molecule has 8 aromatic rings. The minimum atomic E-state index is -0.215. The molecule has 0 saturated heterocycles. The Balaban J connectivity index is 1.30. The van der Waals surface area contributed by atoms with E-state index >= 15 is 0 Å². The van der Waals surface area contributed by atoms with Crippen molar-refractivity contribution in [3.05, 3.63) is 150 Å². The third-order valence-corrected chi connectivity index (χ3v) is 14.0. The van der Waals surface area contributed by atoms with Crippen LogP contribution in [-0.2, 0) is 16.2 Å². The van der Waals surface area contributed by atoms with Crippen molar-refractivity contribution in [2.45, 2.75) is 70.6 Å². The van der Waals surface area contributed by atoms with Crippen LogP contribution in [-0.4, -0.2) is 6.85 Å². The van der Waals surface area contributed by atoms with Crippen LogP contribution < -0.4 is 20.6 Å². The summed E-state index contributed by atoms with van der Waals surface area (Å²) in [6.07, 6.45) is 2.33. The van der Waals surface area contributed by atoms with Gasteiger partial charge in [-0.1, -0.05) is 120 Å². The van der Waals surface area contributed by atoms with Gasteiger partial charge in [-0.05, 0) is 116 Å². The molecule has 4 heterocycles. The molecule has 0 spiro atoms. The summed E-state index contributed by atoms with van der Waals surface area (Å²) in [6.45, 7) is 14.5. The summed E-state index contributed by atoms with van der Waals surface area (Å²) in [6, 6.07) is 48.2. The Kier molecular flexibility index (Phi) is 5.92. The molecule has 0 atom stereocenters. The number of fused-ring (bicyclic) bond motifs is 12. The highest BCUT2D eigenvalue weighted by molar-refractivity contribution is 6.94. The molecule has 0 bridgehead atoms. The van der Waals surface area contributed by atoms with Gasteiger partial charge in [-0.25, -0.2) is 0 Å². The SMILES string of the molecule is CC1(C)CCC(C)(C)c2cc3c(cc21)-c1c2c(cc4c1oc1ccccc14)N1c4cc5ccccc5cc4C(C)(C)c4cccc(c41)B2N3c1ccccc1. The van der Waals surface area contributed by atoms with Crippen molar-refractivity contribution < 1.29 is 4.42 Å². The molecule has 4 heteroatoms. The number of anilines is 5. The smallest absolute Gasteiger partial charge is 0.333 e. The standard InChI is InChI=1S/C51H43BN2O/c1-49(2)23-24-50(3,4)38-29-41-35(27-37(38)49)45-46-43(28-34-33-19-12-13-22-44(33)55-48(34)45)53-42-26-31-16-11-10-15-30(31)25-39(42)51(5,6)36-20-14-21-40(47(36)53)52(46)54(41)32-17-8-7-9-18-32/h7-22,25-29H,23-24H2,1-6H3. The summed E-state index contributed by atoms with van der Waals surface area (Å²) in [7, 11) is 0. The molecule has 1 aromatic heterocycles. The maximum Gasteiger partial charge on any atom is 0.333 e. The van der Waals surface area contributed by atoms with Crippen molar-refractivity contribution in [2.24, 2.45) is 0 Å². The highest BCUT2D eigenvalue weighted by Crippen LogP contribution is 2.58. The first-order valence-electron chi connectivity index (χ1n) is 20.0. The van der Waals surface area contributed by atoms with Crippen molar-refractivity contribution in [2.75, 3.05) is 9.71 Å². The van der Waals surface area contributed by atoms with Crippen molar-refractivity contribution in [1.29, 1.82) is 0 Å². The molecular weight excluding hydrogens is 667 g/mol. The molecule has 1 aliphatic carbocycles. The zero-order chi connectivity index (χ0) is 37.2. The molecule has 0 saturated carbocycles. The van der Waals surface area contributed by atoms with Crippen molar-refractivity contribution in [3.8, 4) is 11.1 Å². The number of rotatable bonds is 1. The molecule has 55 heavy (non-hydrogen) atoms. The van der Waals surface area contributed by atoms with Gasteiger partial charge in [0.1, 0.15) is 11.2 Å². The van der Waals surface area contributed by atoms with E-state index in [-0.39, 0.29) is 23.1 Å². The maximum atomic E-state index is 7.08. The van der Waals surface area contributed by atoms with Gasteiger partial charge in [0, 0.05) is 50.1 Å². The van der Waals surface area contributed by atoms with Gasteiger partial charge in [-0.15, -0.1) is 0 Å². The summed E-state index contributed by atoms with van der Waals surface area (Å²) in [5, 5.41) is 4.88. The largest absolute Gasteiger partial charge is 0.455 e. The van der Waals surface area contributed by atoms with E-state index in [1.54, 1.807) is 0 Å². The van der Waals surface area contributed by atoms with Crippen LogP contribution in [0.2, 0.25) is 0 Å². The zero-order valence-electron chi connectivity index (χ0n) is 32.4. The van der Waals surface area contributed by atoms with Crippen molar-refractivity contribution in [1.82, 2.24) is 0 Å². The van der Waals surface area contributed by atoms with E-state index in [9.17, 15) is 0 Å². The van der Waals surface area contributed by atoms with Crippen LogP contribution in [0, 0.1) is 0 Å². The lowest BCUT2D eigenvalue weighted by Gasteiger charge is -2.51. The van der Waals surface area contributed by atoms with Gasteiger partial charge in [0.2, 0.25) is 0 Å². The van der Waals surface area contributed by atoms with E-state index in [0.29, 0.717) is 0 Å². The van der Waals surface area contributed by atoms with Gasteiger partial charge in [0.25, 0.3) is 0 Å². The first-order valence-corrected chi connectivity index (χ1v) is 20.0. The van der Waals surface area contributed by atoms with Crippen LogP contribution in [0.1, 0.15) is 76.6 Å². The fraction of sp³-hybridized carbons (Fsp3) is 0.216. The fourth-order valence-electron chi connectivity index (χ4n) is 11.0. The predicted molar refractivity (Wildman–Crippen MR) is 232 cm³/mol. The summed E-state index contributed by atoms with van der Waals surface area (Å²) < 4.78 is 7.08. The van der Waals surface area contributed by atoms with Crippen LogP contribution in [0.25, 0.3) is 43.8 Å². The molecule has 266 valence electrons. The third kappa shape index (κ3) is 3.97. The fourth-order valence-corrected chi connectivity index (χ4v) is 11.0. The zero-order valence-corrected chi connectivity index (χ0v) is 32.4. The lowest BCUT2D eigenvalue weighted by atomic mass is 9.42. The molecule has 0 unspecified atom stereocenters. The molecule has 0 radical (unpaired) electrons. The minimum Gasteiger partial charge on any atom is -0.455 e. The number of hydrogen-bond acceptors (Lipinski definition) is 3. The number of hydrogen-bond donors (Lipinski definition) is 0. The lowest BCUT2D eigenvalue weighted by molar-refractivity contribution is 0.332.